The van der Waals surface area contributed by atoms with Gasteiger partial charge in [0.2, 0.25) is 17.8 Å². The summed E-state index contributed by atoms with van der Waals surface area (Å²) in [5.41, 5.74) is -28.4. The lowest BCUT2D eigenvalue weighted by atomic mass is 9.12. The van der Waals surface area contributed by atoms with E-state index in [1.54, 1.807) is 0 Å². The molecule has 0 aliphatic heterocycles. The van der Waals surface area contributed by atoms with E-state index in [1.807, 2.05) is 59.3 Å². The third kappa shape index (κ3) is 13.5. The van der Waals surface area contributed by atoms with Crippen LogP contribution >= 0.6 is 15.9 Å². The fraction of sp³-hybridized carbons (Fsp3) is 0.184. The second-order valence-electron chi connectivity index (χ2n) is 16.8. The van der Waals surface area contributed by atoms with Crippen molar-refractivity contribution in [1.29, 1.82) is 0 Å². The van der Waals surface area contributed by atoms with E-state index < -0.39 is 195 Å². The number of nitrogens with zero attached hydrogens (tertiary/aromatic N) is 1. The SMILES string of the molecule is FC(F)(F)c1cc([B-](c2cc(C(F)(F)F)cc(C(F)(F)F)c2)(c2cc(C(F)(F)F)cc(C(F)(F)F)c2)c2cc(C(F)(F)F)cc(C(F)(F)F)c2)cc(C(F)(F)F)c1.O=C(C[n+]1cccc2ccccc21)c1ccc(Br)cc1. The van der Waals surface area contributed by atoms with Crippen molar-refractivity contribution in [2.75, 3.05) is 0 Å². The largest absolute Gasteiger partial charge is 0.416 e. The fourth-order valence-corrected chi connectivity index (χ4v) is 8.58. The van der Waals surface area contributed by atoms with Gasteiger partial charge in [-0.05, 0) is 48.5 Å². The first-order chi connectivity index (χ1) is 35.0. The van der Waals surface area contributed by atoms with Gasteiger partial charge in [0.1, 0.15) is 6.15 Å². The molecule has 0 saturated heterocycles. The monoisotopic (exact) mass is 1190 g/mol. The number of alkyl halides is 24. The zero-order valence-electron chi connectivity index (χ0n) is 37.4. The van der Waals surface area contributed by atoms with E-state index >= 15 is 0 Å². The number of ketones is 1. The molecule has 2 nitrogen and oxygen atoms in total. The smallest absolute Gasteiger partial charge is 0.287 e. The second-order valence-corrected chi connectivity index (χ2v) is 17.8. The Balaban J connectivity index is 0.000000397. The molecule has 0 bridgehead atoms. The van der Waals surface area contributed by atoms with E-state index in [-0.39, 0.29) is 5.78 Å². The number of rotatable bonds is 7. The fourth-order valence-electron chi connectivity index (χ4n) is 8.31. The van der Waals surface area contributed by atoms with Crippen molar-refractivity contribution in [1.82, 2.24) is 0 Å². The summed E-state index contributed by atoms with van der Waals surface area (Å²) in [6.07, 6.45) is -52.9. The van der Waals surface area contributed by atoms with Crippen molar-refractivity contribution in [2.24, 2.45) is 0 Å². The maximum absolute atomic E-state index is 14.2. The average Bonchev–Trinajstić information content (AvgIpc) is 3.30. The quantitative estimate of drug-likeness (QED) is 0.0674. The summed E-state index contributed by atoms with van der Waals surface area (Å²) >= 11 is 3.38. The lowest BCUT2D eigenvalue weighted by molar-refractivity contribution is -0.657. The van der Waals surface area contributed by atoms with Crippen LogP contribution in [0.25, 0.3) is 10.9 Å². The minimum absolute atomic E-state index is 0.110. The van der Waals surface area contributed by atoms with Crippen molar-refractivity contribution in [3.05, 3.63) is 194 Å². The van der Waals surface area contributed by atoms with Crippen molar-refractivity contribution in [3.8, 4) is 0 Å². The van der Waals surface area contributed by atoms with E-state index in [1.165, 1.54) is 0 Å². The Labute approximate surface area is 424 Å². The predicted molar refractivity (Wildman–Crippen MR) is 233 cm³/mol. The first kappa shape index (κ1) is 59.5. The molecule has 0 N–H and O–H groups in total. The van der Waals surface area contributed by atoms with Gasteiger partial charge in [0, 0.05) is 27.6 Å². The first-order valence-corrected chi connectivity index (χ1v) is 21.8. The molecule has 77 heavy (non-hydrogen) atoms. The molecule has 1 heterocycles. The molecule has 7 aromatic rings. The van der Waals surface area contributed by atoms with E-state index in [2.05, 4.69) is 28.1 Å². The molecule has 1 aromatic heterocycles. The Morgan fingerprint density at radius 2 is 0.623 bits per heavy atom. The summed E-state index contributed by atoms with van der Waals surface area (Å²) in [7, 11) is 0. The Morgan fingerprint density at radius 1 is 0.364 bits per heavy atom. The number of carbonyl (C=O) groups is 1. The summed E-state index contributed by atoms with van der Waals surface area (Å²) in [5, 5.41) is 1.14. The van der Waals surface area contributed by atoms with Gasteiger partial charge >= 0.3 is 49.4 Å². The number of halogens is 25. The number of pyridine rings is 1. The predicted octanol–water partition coefficient (Wildman–Crippen LogP) is 15.0. The topological polar surface area (TPSA) is 20.9 Å². The molecule has 0 radical (unpaired) electrons. The van der Waals surface area contributed by atoms with Crippen LogP contribution in [-0.4, -0.2) is 11.9 Å². The summed E-state index contributed by atoms with van der Waals surface area (Å²) < 4.78 is 344. The van der Waals surface area contributed by atoms with Crippen molar-refractivity contribution in [3.63, 3.8) is 0 Å². The van der Waals surface area contributed by atoms with Crippen LogP contribution < -0.4 is 26.4 Å². The Bertz CT molecular complexity index is 2870. The molecular weight excluding hydrogens is 1170 g/mol. The van der Waals surface area contributed by atoms with Crippen LogP contribution in [0.5, 0.6) is 0 Å². The maximum atomic E-state index is 14.2. The van der Waals surface area contributed by atoms with E-state index in [0.29, 0.717) is 6.54 Å². The van der Waals surface area contributed by atoms with Crippen molar-refractivity contribution < 1.29 is 115 Å². The summed E-state index contributed by atoms with van der Waals surface area (Å²) in [5.74, 6) is 0.110. The number of benzene rings is 6. The maximum Gasteiger partial charge on any atom is 0.416 e. The van der Waals surface area contributed by atoms with Gasteiger partial charge in [0.25, 0.3) is 0 Å². The van der Waals surface area contributed by atoms with Crippen LogP contribution in [0.4, 0.5) is 105 Å². The molecule has 28 heteroatoms. The lowest BCUT2D eigenvalue weighted by Gasteiger charge is -2.46. The highest BCUT2D eigenvalue weighted by atomic mass is 79.9. The summed E-state index contributed by atoms with van der Waals surface area (Å²) in [6, 6.07) is 10.8. The molecule has 0 saturated carbocycles. The number of Topliss-reactive ketones (excluding diaryl/α,β-unsaturated/α-hetero) is 1. The molecule has 7 rings (SSSR count). The van der Waals surface area contributed by atoms with Gasteiger partial charge < -0.3 is 0 Å². The van der Waals surface area contributed by atoms with Gasteiger partial charge in [-0.25, -0.2) is 0 Å². The number of hydrogen-bond acceptors (Lipinski definition) is 1. The third-order valence-electron chi connectivity index (χ3n) is 11.7. The standard InChI is InChI=1S/C32H12BF24.C17H13BrNO/c34-25(35,36)13-1-14(26(37,38)39)6-21(5-13)33(22-7-15(27(40,41)42)2-16(8-22)28(43,44)45,23-9-17(29(46,47)48)3-18(10-23)30(49,50)51)24-11-19(31(52,53)54)4-20(12-24)32(55,56)57;18-15-9-7-14(8-10-15)17(20)12-19-11-3-5-13-4-1-2-6-16(13)19/h1-12H;1-11H,12H2/q-1;+1. The highest BCUT2D eigenvalue weighted by molar-refractivity contribution is 9.10. The normalized spacial score (nSPS) is 13.4. The van der Waals surface area contributed by atoms with Crippen LogP contribution in [0, 0.1) is 0 Å². The molecule has 0 aliphatic rings. The van der Waals surface area contributed by atoms with Gasteiger partial charge in [-0.2, -0.15) is 132 Å². The average molecular weight is 1190 g/mol. The number of hydrogen-bond donors (Lipinski definition) is 0. The van der Waals surface area contributed by atoms with Gasteiger partial charge in [-0.15, -0.1) is 0 Å². The van der Waals surface area contributed by atoms with Crippen molar-refractivity contribution >= 4 is 60.6 Å². The third-order valence-corrected chi connectivity index (χ3v) is 12.2. The zero-order chi connectivity index (χ0) is 57.9. The van der Waals surface area contributed by atoms with E-state index in [9.17, 15) is 110 Å². The molecule has 6 aromatic carbocycles. The van der Waals surface area contributed by atoms with Crippen LogP contribution in [-0.2, 0) is 56.0 Å². The molecule has 0 fully saturated rings. The Morgan fingerprint density at radius 3 is 0.896 bits per heavy atom. The molecule has 0 aliphatic carbocycles. The number of carbonyl (C=O) groups excluding carboxylic acids is 1. The van der Waals surface area contributed by atoms with Crippen molar-refractivity contribution in [2.45, 2.75) is 56.0 Å². The number of aromatic nitrogens is 1. The van der Waals surface area contributed by atoms with E-state index in [4.69, 9.17) is 0 Å². The highest BCUT2D eigenvalue weighted by Crippen LogP contribution is 2.41. The molecule has 0 spiro atoms. The van der Waals surface area contributed by atoms with Crippen LogP contribution in [0.1, 0.15) is 54.9 Å². The highest BCUT2D eigenvalue weighted by Gasteiger charge is 2.47. The minimum atomic E-state index is -6.13. The van der Waals surface area contributed by atoms with Crippen LogP contribution in [0.15, 0.2) is 144 Å². The van der Waals surface area contributed by atoms with E-state index in [0.717, 1.165) is 20.9 Å². The molecular formula is C49H25BBrF24NO. The van der Waals surface area contributed by atoms with Gasteiger partial charge in [-0.3, -0.25) is 4.79 Å². The Kier molecular flexibility index (Phi) is 15.9. The van der Waals surface area contributed by atoms with Gasteiger partial charge in [0.05, 0.1) is 44.5 Å². The van der Waals surface area contributed by atoms with Gasteiger partial charge in [-0.1, -0.05) is 88.7 Å². The first-order valence-electron chi connectivity index (χ1n) is 21.0. The minimum Gasteiger partial charge on any atom is -0.287 e. The van der Waals surface area contributed by atoms with Crippen LogP contribution in [0.3, 0.4) is 0 Å². The zero-order valence-corrected chi connectivity index (χ0v) is 39.0. The number of fused-ring (bicyclic) bond motifs is 1. The number of para-hydroxylation sites is 1. The summed E-state index contributed by atoms with van der Waals surface area (Å²) in [4.78, 5) is 12.3. The molecule has 0 atom stereocenters. The lowest BCUT2D eigenvalue weighted by Crippen LogP contribution is -2.75. The second kappa shape index (κ2) is 20.6. The van der Waals surface area contributed by atoms with Gasteiger partial charge in [0.15, 0.2) is 6.20 Å². The van der Waals surface area contributed by atoms with Crippen LogP contribution in [0.2, 0.25) is 0 Å². The Hall–Kier alpha value is -6.74. The molecule has 0 amide bonds. The molecule has 410 valence electrons. The summed E-state index contributed by atoms with van der Waals surface area (Å²) in [6.45, 7) is 0.350. The molecule has 0 unspecified atom stereocenters.